The number of halogens is 3. The van der Waals surface area contributed by atoms with E-state index in [0.29, 0.717) is 11.9 Å². The molecule has 0 spiro atoms. The fourth-order valence-corrected chi connectivity index (χ4v) is 2.90. The Morgan fingerprint density at radius 3 is 2.90 bits per heavy atom. The predicted molar refractivity (Wildman–Crippen MR) is 95.9 cm³/mol. The summed E-state index contributed by atoms with van der Waals surface area (Å²) in [4.78, 5) is 6.11. The van der Waals surface area contributed by atoms with Crippen LogP contribution in [0.5, 0.6) is 0 Å². The lowest BCUT2D eigenvalue weighted by Gasteiger charge is -2.26. The number of likely N-dealkylation sites (tertiary alicyclic amines) is 1. The zero-order valence-electron chi connectivity index (χ0n) is 12.1. The Bertz CT molecular complexity index is 512. The average Bonchev–Trinajstić information content (AvgIpc) is 2.80. The predicted octanol–water partition coefficient (Wildman–Crippen LogP) is 2.62. The molecule has 2 rings (SSSR count). The highest BCUT2D eigenvalue weighted by atomic mass is 127. The molecule has 1 aromatic carbocycles. The number of nitrogens with one attached hydrogen (secondary N) is 1. The number of rotatable bonds is 3. The lowest BCUT2D eigenvalue weighted by Crippen LogP contribution is -2.36. The molecule has 0 aliphatic carbocycles. The van der Waals surface area contributed by atoms with Gasteiger partial charge in [-0.3, -0.25) is 9.89 Å². The molecular weight excluding hydrogens is 406 g/mol. The zero-order chi connectivity index (χ0) is 14.7. The lowest BCUT2D eigenvalue weighted by molar-refractivity contribution is 0.276. The molecule has 3 N–H and O–H groups in total. The summed E-state index contributed by atoms with van der Waals surface area (Å²) in [6, 6.07) is 5.20. The van der Waals surface area contributed by atoms with Crippen LogP contribution in [0, 0.1) is 11.7 Å². The van der Waals surface area contributed by atoms with E-state index >= 15 is 0 Å². The fourth-order valence-electron chi connectivity index (χ4n) is 2.78. The summed E-state index contributed by atoms with van der Waals surface area (Å²) in [5.41, 5.74) is 6.61. The second kappa shape index (κ2) is 8.14. The molecule has 0 radical (unpaired) electrons. The van der Waals surface area contributed by atoms with Gasteiger partial charge in [0.2, 0.25) is 0 Å². The van der Waals surface area contributed by atoms with Crippen LogP contribution in [-0.4, -0.2) is 38.0 Å². The summed E-state index contributed by atoms with van der Waals surface area (Å²) in [6.07, 6.45) is 1.04. The first-order valence-corrected chi connectivity index (χ1v) is 7.02. The van der Waals surface area contributed by atoms with Crippen LogP contribution in [0.15, 0.2) is 23.2 Å². The van der Waals surface area contributed by atoms with Crippen LogP contribution in [0.4, 0.5) is 4.39 Å². The Hall–Kier alpha value is -0.600. The quantitative estimate of drug-likeness (QED) is 0.444. The van der Waals surface area contributed by atoms with Crippen molar-refractivity contribution in [3.63, 3.8) is 0 Å². The molecule has 0 saturated carbocycles. The van der Waals surface area contributed by atoms with E-state index in [4.69, 9.17) is 17.3 Å². The van der Waals surface area contributed by atoms with Gasteiger partial charge < -0.3 is 11.1 Å². The first-order valence-electron chi connectivity index (χ1n) is 6.64. The molecule has 21 heavy (non-hydrogen) atoms. The Morgan fingerprint density at radius 1 is 1.57 bits per heavy atom. The molecule has 2 unspecified atom stereocenters. The van der Waals surface area contributed by atoms with Crippen molar-refractivity contribution in [3.05, 3.63) is 34.6 Å². The monoisotopic (exact) mass is 426 g/mol. The summed E-state index contributed by atoms with van der Waals surface area (Å²) >= 11 is 5.75. The molecule has 0 amide bonds. The molecule has 1 saturated heterocycles. The van der Waals surface area contributed by atoms with Crippen molar-refractivity contribution in [2.75, 3.05) is 27.2 Å². The molecular formula is C14H21ClFIN4. The smallest absolute Gasteiger partial charge is 0.188 e. The topological polar surface area (TPSA) is 53.6 Å². The Balaban J connectivity index is 0.00000220. The van der Waals surface area contributed by atoms with Crippen molar-refractivity contribution in [3.8, 4) is 0 Å². The Labute approximate surface area is 147 Å². The molecule has 1 aliphatic rings. The number of aliphatic imine (C=N–C) groups is 1. The minimum atomic E-state index is -0.370. The molecule has 0 aromatic heterocycles. The van der Waals surface area contributed by atoms with Crippen LogP contribution in [-0.2, 0) is 0 Å². The van der Waals surface area contributed by atoms with Gasteiger partial charge in [-0.25, -0.2) is 4.39 Å². The number of hydrogen-bond acceptors (Lipinski definition) is 2. The van der Waals surface area contributed by atoms with Gasteiger partial charge in [-0.2, -0.15) is 0 Å². The largest absolute Gasteiger partial charge is 0.370 e. The summed E-state index contributed by atoms with van der Waals surface area (Å²) in [5, 5.41) is 3.26. The van der Waals surface area contributed by atoms with Crippen LogP contribution >= 0.6 is 35.6 Å². The number of nitrogens with two attached hydrogens (primary N) is 1. The van der Waals surface area contributed by atoms with E-state index in [1.54, 1.807) is 13.1 Å². The van der Waals surface area contributed by atoms with Crippen molar-refractivity contribution in [2.24, 2.45) is 16.6 Å². The third-order valence-corrected chi connectivity index (χ3v) is 4.15. The van der Waals surface area contributed by atoms with Gasteiger partial charge in [-0.1, -0.05) is 17.7 Å². The maximum absolute atomic E-state index is 13.7. The highest BCUT2D eigenvalue weighted by Crippen LogP contribution is 2.36. The normalized spacial score (nSPS) is 23.0. The SMILES string of the molecule is CN=C(N)NCC1CCN(C)C1c1ccc(Cl)c(F)c1.I. The Morgan fingerprint density at radius 2 is 2.29 bits per heavy atom. The van der Waals surface area contributed by atoms with Crippen molar-refractivity contribution < 1.29 is 4.39 Å². The first kappa shape index (κ1) is 18.4. The molecule has 0 bridgehead atoms. The number of nitrogens with zero attached hydrogens (tertiary/aromatic N) is 2. The van der Waals surface area contributed by atoms with E-state index in [2.05, 4.69) is 22.3 Å². The van der Waals surface area contributed by atoms with Gasteiger partial charge in [0.25, 0.3) is 0 Å². The fraction of sp³-hybridized carbons (Fsp3) is 0.500. The summed E-state index contributed by atoms with van der Waals surface area (Å²) < 4.78 is 13.7. The van der Waals surface area contributed by atoms with Crippen molar-refractivity contribution in [1.82, 2.24) is 10.2 Å². The van der Waals surface area contributed by atoms with Crippen molar-refractivity contribution in [1.29, 1.82) is 0 Å². The highest BCUT2D eigenvalue weighted by molar-refractivity contribution is 14.0. The molecule has 1 aromatic rings. The van der Waals surface area contributed by atoms with Crippen LogP contribution in [0.3, 0.4) is 0 Å². The highest BCUT2D eigenvalue weighted by Gasteiger charge is 2.33. The summed E-state index contributed by atoms with van der Waals surface area (Å²) in [6.45, 7) is 1.70. The van der Waals surface area contributed by atoms with Gasteiger partial charge in [0.1, 0.15) is 5.82 Å². The van der Waals surface area contributed by atoms with Crippen molar-refractivity contribution in [2.45, 2.75) is 12.5 Å². The zero-order valence-corrected chi connectivity index (χ0v) is 15.2. The second-order valence-electron chi connectivity index (χ2n) is 5.14. The molecule has 1 heterocycles. The summed E-state index contributed by atoms with van der Waals surface area (Å²) in [5.74, 6) is 0.423. The third kappa shape index (κ3) is 4.43. The maximum atomic E-state index is 13.7. The Kier molecular flexibility index (Phi) is 7.15. The van der Waals surface area contributed by atoms with Gasteiger partial charge in [0.05, 0.1) is 5.02 Å². The van der Waals surface area contributed by atoms with Gasteiger partial charge >= 0.3 is 0 Å². The van der Waals surface area contributed by atoms with Crippen LogP contribution in [0.2, 0.25) is 5.02 Å². The van der Waals surface area contributed by atoms with Gasteiger partial charge in [0.15, 0.2) is 5.96 Å². The van der Waals surface area contributed by atoms with E-state index in [9.17, 15) is 4.39 Å². The van der Waals surface area contributed by atoms with E-state index in [0.717, 1.165) is 25.1 Å². The van der Waals surface area contributed by atoms with E-state index < -0.39 is 0 Å². The third-order valence-electron chi connectivity index (χ3n) is 3.85. The molecule has 1 fully saturated rings. The molecule has 4 nitrogen and oxygen atoms in total. The number of hydrogen-bond donors (Lipinski definition) is 2. The van der Waals surface area contributed by atoms with Crippen LogP contribution in [0.1, 0.15) is 18.0 Å². The van der Waals surface area contributed by atoms with Crippen molar-refractivity contribution >= 4 is 41.5 Å². The lowest BCUT2D eigenvalue weighted by atomic mass is 9.93. The minimum Gasteiger partial charge on any atom is -0.370 e. The summed E-state index contributed by atoms with van der Waals surface area (Å²) in [7, 11) is 3.70. The first-order chi connectivity index (χ1) is 9.52. The molecule has 7 heteroatoms. The molecule has 1 aliphatic heterocycles. The van der Waals surface area contributed by atoms with Crippen LogP contribution < -0.4 is 11.1 Å². The molecule has 2 atom stereocenters. The number of guanidine groups is 1. The minimum absolute atomic E-state index is 0. The van der Waals surface area contributed by atoms with Gasteiger partial charge in [0, 0.05) is 19.6 Å². The van der Waals surface area contributed by atoms with Gasteiger partial charge in [-0.05, 0) is 43.6 Å². The maximum Gasteiger partial charge on any atom is 0.188 e. The van der Waals surface area contributed by atoms with E-state index in [1.165, 1.54) is 6.07 Å². The van der Waals surface area contributed by atoms with E-state index in [-0.39, 0.29) is 40.9 Å². The van der Waals surface area contributed by atoms with Crippen LogP contribution in [0.25, 0.3) is 0 Å². The van der Waals surface area contributed by atoms with E-state index in [1.807, 2.05) is 6.07 Å². The average molecular weight is 427 g/mol. The van der Waals surface area contributed by atoms with Gasteiger partial charge in [-0.15, -0.1) is 24.0 Å². The number of benzene rings is 1. The molecule has 118 valence electrons. The second-order valence-corrected chi connectivity index (χ2v) is 5.54. The standard InChI is InChI=1S/C14H20ClFN4.HI/c1-18-14(17)19-8-10-5-6-20(2)13(10)9-3-4-11(15)12(16)7-9;/h3-4,7,10,13H,5-6,8H2,1-2H3,(H3,17,18,19);1H.